The topological polar surface area (TPSA) is 59.0 Å². The molecule has 0 spiro atoms. The van der Waals surface area contributed by atoms with Crippen molar-refractivity contribution in [3.63, 3.8) is 0 Å². The Morgan fingerprint density at radius 3 is 2.57 bits per heavy atom. The fourth-order valence-electron chi connectivity index (χ4n) is 1.96. The molecule has 3 nitrogen and oxygen atoms in total. The van der Waals surface area contributed by atoms with Crippen LogP contribution in [0.2, 0.25) is 0 Å². The van der Waals surface area contributed by atoms with Crippen LogP contribution < -0.4 is 10.5 Å². The summed E-state index contributed by atoms with van der Waals surface area (Å²) in [5, 5.41) is 8.82. The summed E-state index contributed by atoms with van der Waals surface area (Å²) in [5.41, 5.74) is 7.76. The molecule has 0 aliphatic rings. The van der Waals surface area contributed by atoms with Gasteiger partial charge in [0.1, 0.15) is 18.2 Å². The minimum Gasteiger partial charge on any atom is -0.489 e. The molecular weight excluding hydrogens is 267 g/mol. The molecule has 21 heavy (non-hydrogen) atoms. The third-order valence-corrected chi connectivity index (χ3v) is 3.32. The number of nitrogens with zero attached hydrogens (tertiary/aromatic N) is 1. The van der Waals surface area contributed by atoms with Crippen molar-refractivity contribution in [2.75, 3.05) is 0 Å². The second-order valence-electron chi connectivity index (χ2n) is 4.79. The van der Waals surface area contributed by atoms with Crippen LogP contribution >= 0.6 is 0 Å². The van der Waals surface area contributed by atoms with Crippen molar-refractivity contribution in [2.24, 2.45) is 5.73 Å². The van der Waals surface area contributed by atoms with E-state index in [0.717, 1.165) is 12.0 Å². The maximum absolute atomic E-state index is 13.6. The first-order chi connectivity index (χ1) is 10.1. The summed E-state index contributed by atoms with van der Waals surface area (Å²) in [7, 11) is 0. The fourth-order valence-corrected chi connectivity index (χ4v) is 1.96. The van der Waals surface area contributed by atoms with Crippen LogP contribution in [0, 0.1) is 17.1 Å². The number of rotatable bonds is 5. The summed E-state index contributed by atoms with van der Waals surface area (Å²) in [4.78, 5) is 0. The van der Waals surface area contributed by atoms with E-state index in [-0.39, 0.29) is 18.5 Å². The Labute approximate surface area is 123 Å². The van der Waals surface area contributed by atoms with E-state index in [9.17, 15) is 4.39 Å². The lowest BCUT2D eigenvalue weighted by molar-refractivity contribution is 0.299. The van der Waals surface area contributed by atoms with E-state index in [2.05, 4.69) is 0 Å². The Morgan fingerprint density at radius 1 is 1.24 bits per heavy atom. The Balaban J connectivity index is 2.05. The molecule has 0 unspecified atom stereocenters. The largest absolute Gasteiger partial charge is 0.489 e. The SMILES string of the molecule is CC[C@@H](N)c1ccc(OCc2cc(C#N)ccc2F)cc1. The molecule has 0 radical (unpaired) electrons. The van der Waals surface area contributed by atoms with Gasteiger partial charge in [-0.1, -0.05) is 19.1 Å². The van der Waals surface area contributed by atoms with Gasteiger partial charge in [-0.05, 0) is 42.3 Å². The van der Waals surface area contributed by atoms with E-state index in [1.807, 2.05) is 37.3 Å². The minimum atomic E-state index is -0.376. The van der Waals surface area contributed by atoms with Gasteiger partial charge in [-0.15, -0.1) is 0 Å². The lowest BCUT2D eigenvalue weighted by atomic mass is 10.1. The van der Waals surface area contributed by atoms with Crippen LogP contribution in [0.4, 0.5) is 4.39 Å². The highest BCUT2D eigenvalue weighted by molar-refractivity contribution is 5.34. The standard InChI is InChI=1S/C17H17FN2O/c1-2-17(20)13-4-6-15(7-5-13)21-11-14-9-12(10-19)3-8-16(14)18/h3-9,17H,2,11,20H2,1H3/t17-/m1/s1. The zero-order chi connectivity index (χ0) is 15.2. The van der Waals surface area contributed by atoms with Gasteiger partial charge in [-0.3, -0.25) is 0 Å². The average Bonchev–Trinajstić information content (AvgIpc) is 2.54. The molecule has 2 aromatic carbocycles. The molecular formula is C17H17FN2O. The van der Waals surface area contributed by atoms with Crippen molar-refractivity contribution in [1.29, 1.82) is 5.26 Å². The maximum Gasteiger partial charge on any atom is 0.129 e. The average molecular weight is 284 g/mol. The van der Waals surface area contributed by atoms with Crippen LogP contribution in [0.15, 0.2) is 42.5 Å². The van der Waals surface area contributed by atoms with E-state index in [1.165, 1.54) is 18.2 Å². The number of nitriles is 1. The number of ether oxygens (including phenoxy) is 1. The number of halogens is 1. The Bertz CT molecular complexity index is 647. The van der Waals surface area contributed by atoms with Gasteiger partial charge in [-0.25, -0.2) is 4.39 Å². The molecule has 2 N–H and O–H groups in total. The monoisotopic (exact) mass is 284 g/mol. The van der Waals surface area contributed by atoms with Crippen LogP contribution in [0.5, 0.6) is 5.75 Å². The van der Waals surface area contributed by atoms with Gasteiger partial charge in [0.05, 0.1) is 11.6 Å². The van der Waals surface area contributed by atoms with E-state index < -0.39 is 0 Å². The molecule has 0 saturated carbocycles. The number of hydrogen-bond acceptors (Lipinski definition) is 3. The molecule has 4 heteroatoms. The zero-order valence-corrected chi connectivity index (χ0v) is 11.8. The van der Waals surface area contributed by atoms with Crippen molar-refractivity contribution >= 4 is 0 Å². The highest BCUT2D eigenvalue weighted by Gasteiger charge is 2.06. The third-order valence-electron chi connectivity index (χ3n) is 3.32. The van der Waals surface area contributed by atoms with Gasteiger partial charge in [0.15, 0.2) is 0 Å². The summed E-state index contributed by atoms with van der Waals surface area (Å²) < 4.78 is 19.2. The van der Waals surface area contributed by atoms with Crippen LogP contribution in [0.3, 0.4) is 0 Å². The maximum atomic E-state index is 13.6. The van der Waals surface area contributed by atoms with Crippen LogP contribution in [0.1, 0.15) is 36.1 Å². The Kier molecular flexibility index (Phi) is 4.91. The van der Waals surface area contributed by atoms with E-state index in [0.29, 0.717) is 16.9 Å². The first-order valence-electron chi connectivity index (χ1n) is 6.81. The summed E-state index contributed by atoms with van der Waals surface area (Å²) in [6.07, 6.45) is 0.867. The molecule has 0 aromatic heterocycles. The molecule has 0 saturated heterocycles. The van der Waals surface area contributed by atoms with Gasteiger partial charge in [0.2, 0.25) is 0 Å². The summed E-state index contributed by atoms with van der Waals surface area (Å²) >= 11 is 0. The molecule has 0 heterocycles. The van der Waals surface area contributed by atoms with E-state index >= 15 is 0 Å². The summed E-state index contributed by atoms with van der Waals surface area (Å²) in [6, 6.07) is 13.7. The first-order valence-corrected chi connectivity index (χ1v) is 6.81. The first kappa shape index (κ1) is 15.0. The van der Waals surface area contributed by atoms with Gasteiger partial charge >= 0.3 is 0 Å². The minimum absolute atomic E-state index is 0.0174. The van der Waals surface area contributed by atoms with Crippen LogP contribution in [-0.4, -0.2) is 0 Å². The molecule has 0 amide bonds. The summed E-state index contributed by atoms with van der Waals surface area (Å²) in [5.74, 6) is 0.266. The van der Waals surface area contributed by atoms with Gasteiger partial charge in [0, 0.05) is 11.6 Å². The zero-order valence-electron chi connectivity index (χ0n) is 11.8. The van der Waals surface area contributed by atoms with Gasteiger partial charge in [0.25, 0.3) is 0 Å². The van der Waals surface area contributed by atoms with Crippen molar-refractivity contribution < 1.29 is 9.13 Å². The van der Waals surface area contributed by atoms with Crippen molar-refractivity contribution in [1.82, 2.24) is 0 Å². The summed E-state index contributed by atoms with van der Waals surface area (Å²) in [6.45, 7) is 2.11. The Morgan fingerprint density at radius 2 is 1.95 bits per heavy atom. The molecule has 0 fully saturated rings. The number of benzene rings is 2. The second-order valence-corrected chi connectivity index (χ2v) is 4.79. The fraction of sp³-hybridized carbons (Fsp3) is 0.235. The smallest absolute Gasteiger partial charge is 0.129 e. The van der Waals surface area contributed by atoms with Gasteiger partial charge in [-0.2, -0.15) is 5.26 Å². The molecule has 2 rings (SSSR count). The second kappa shape index (κ2) is 6.87. The molecule has 0 aliphatic heterocycles. The molecule has 0 aliphatic carbocycles. The highest BCUT2D eigenvalue weighted by Crippen LogP contribution is 2.20. The lowest BCUT2D eigenvalue weighted by Gasteiger charge is -2.11. The molecule has 2 aromatic rings. The van der Waals surface area contributed by atoms with E-state index in [1.54, 1.807) is 0 Å². The predicted molar refractivity (Wildman–Crippen MR) is 79.1 cm³/mol. The van der Waals surface area contributed by atoms with Crippen molar-refractivity contribution in [3.05, 3.63) is 65.0 Å². The quantitative estimate of drug-likeness (QED) is 0.911. The van der Waals surface area contributed by atoms with Crippen LogP contribution in [0.25, 0.3) is 0 Å². The number of hydrogen-bond donors (Lipinski definition) is 1. The predicted octanol–water partition coefficient (Wildman–Crippen LogP) is 3.69. The molecule has 1 atom stereocenters. The number of nitrogens with two attached hydrogens (primary N) is 1. The van der Waals surface area contributed by atoms with Crippen molar-refractivity contribution in [2.45, 2.75) is 26.0 Å². The van der Waals surface area contributed by atoms with Crippen LogP contribution in [-0.2, 0) is 6.61 Å². The Hall–Kier alpha value is -2.38. The van der Waals surface area contributed by atoms with Gasteiger partial charge < -0.3 is 10.5 Å². The normalized spacial score (nSPS) is 11.7. The van der Waals surface area contributed by atoms with Crippen molar-refractivity contribution in [3.8, 4) is 11.8 Å². The third kappa shape index (κ3) is 3.80. The molecule has 0 bridgehead atoms. The lowest BCUT2D eigenvalue weighted by Crippen LogP contribution is -2.08. The highest BCUT2D eigenvalue weighted by atomic mass is 19.1. The molecule has 108 valence electrons. The van der Waals surface area contributed by atoms with E-state index in [4.69, 9.17) is 15.7 Å².